The summed E-state index contributed by atoms with van der Waals surface area (Å²) in [5, 5.41) is 6.43. The molecule has 2 aliphatic rings. The molecule has 0 atom stereocenters. The van der Waals surface area contributed by atoms with Crippen LogP contribution in [0.1, 0.15) is 129 Å². The number of hydrogen-bond donors (Lipinski definition) is 2. The first kappa shape index (κ1) is 26.0. The third-order valence-corrected chi connectivity index (χ3v) is 7.20. The lowest BCUT2D eigenvalue weighted by molar-refractivity contribution is -0.143. The van der Waals surface area contributed by atoms with Crippen LogP contribution in [0.4, 0.5) is 4.79 Å². The van der Waals surface area contributed by atoms with Gasteiger partial charge >= 0.3 is 12.0 Å². The summed E-state index contributed by atoms with van der Waals surface area (Å²) >= 11 is 0. The van der Waals surface area contributed by atoms with Crippen LogP contribution in [0.2, 0.25) is 0 Å². The number of carbonyl (C=O) groups excluding carboxylic acids is 2. The molecule has 5 nitrogen and oxygen atoms in total. The molecule has 0 heterocycles. The summed E-state index contributed by atoms with van der Waals surface area (Å²) < 4.78 is 5.18. The van der Waals surface area contributed by atoms with Crippen LogP contribution in [0.5, 0.6) is 0 Å². The van der Waals surface area contributed by atoms with E-state index >= 15 is 0 Å². The van der Waals surface area contributed by atoms with Gasteiger partial charge in [-0.2, -0.15) is 0 Å². The lowest BCUT2D eigenvalue weighted by Crippen LogP contribution is -2.55. The zero-order chi connectivity index (χ0) is 22.2. The molecule has 0 spiro atoms. The Morgan fingerprint density at radius 3 is 2.13 bits per heavy atom. The van der Waals surface area contributed by atoms with E-state index < -0.39 is 0 Å². The summed E-state index contributed by atoms with van der Waals surface area (Å²) in [5.74, 6) is 0.812. The first-order valence-electron chi connectivity index (χ1n) is 13.4. The van der Waals surface area contributed by atoms with Crippen molar-refractivity contribution in [3.8, 4) is 0 Å². The van der Waals surface area contributed by atoms with E-state index in [9.17, 15) is 9.59 Å². The third-order valence-electron chi connectivity index (χ3n) is 7.20. The molecule has 180 valence electrons. The molecule has 2 N–H and O–H groups in total. The van der Waals surface area contributed by atoms with Gasteiger partial charge in [-0.1, -0.05) is 84.0 Å². The molecule has 2 rings (SSSR count). The summed E-state index contributed by atoms with van der Waals surface area (Å²) in [4.78, 5) is 23.8. The van der Waals surface area contributed by atoms with Crippen molar-refractivity contribution in [1.82, 2.24) is 10.6 Å². The maximum atomic E-state index is 12.3. The van der Waals surface area contributed by atoms with Crippen molar-refractivity contribution < 1.29 is 14.3 Å². The van der Waals surface area contributed by atoms with Gasteiger partial charge in [-0.3, -0.25) is 4.79 Å². The minimum Gasteiger partial charge on any atom is -0.466 e. The molecule has 0 aromatic carbocycles. The Labute approximate surface area is 190 Å². The molecule has 2 fully saturated rings. The van der Waals surface area contributed by atoms with E-state index in [-0.39, 0.29) is 17.5 Å². The highest BCUT2D eigenvalue weighted by Gasteiger charge is 2.40. The zero-order valence-corrected chi connectivity index (χ0v) is 20.2. The Morgan fingerprint density at radius 2 is 1.48 bits per heavy atom. The van der Waals surface area contributed by atoms with Gasteiger partial charge < -0.3 is 15.4 Å². The van der Waals surface area contributed by atoms with Gasteiger partial charge in [0.1, 0.15) is 0 Å². The monoisotopic (exact) mass is 436 g/mol. The average Bonchev–Trinajstić information content (AvgIpc) is 2.74. The standard InChI is InChI=1S/C26H48N2O3/c1-2-3-21-31-24(29)17-11-9-7-5-4-6-8-10-12-20-27-25(30)28-26-18-13-15-23(22-26)16-14-19-26/h23H,2-22H2,1H3,(H2,27,28,30). The Hall–Kier alpha value is -1.26. The van der Waals surface area contributed by atoms with Crippen LogP contribution >= 0.6 is 0 Å². The predicted octanol–water partition coefficient (Wildman–Crippen LogP) is 6.64. The third kappa shape index (κ3) is 11.2. The molecule has 31 heavy (non-hydrogen) atoms. The van der Waals surface area contributed by atoms with Crippen LogP contribution < -0.4 is 10.6 Å². The highest BCUT2D eigenvalue weighted by Crippen LogP contribution is 2.42. The molecule has 0 aliphatic heterocycles. The van der Waals surface area contributed by atoms with Gasteiger partial charge in [-0.05, 0) is 44.4 Å². The van der Waals surface area contributed by atoms with Gasteiger partial charge in [0, 0.05) is 18.5 Å². The largest absolute Gasteiger partial charge is 0.466 e. The second-order valence-electron chi connectivity index (χ2n) is 10.0. The molecule has 2 aliphatic carbocycles. The lowest BCUT2D eigenvalue weighted by atomic mass is 9.67. The molecule has 0 aromatic rings. The number of urea groups is 1. The van der Waals surface area contributed by atoms with Crippen LogP contribution in [0.15, 0.2) is 0 Å². The summed E-state index contributed by atoms with van der Waals surface area (Å²) in [6.07, 6.45) is 22.0. The number of hydrogen-bond acceptors (Lipinski definition) is 3. The Bertz CT molecular complexity index is 499. The smallest absolute Gasteiger partial charge is 0.315 e. The lowest BCUT2D eigenvalue weighted by Gasteiger charge is -2.45. The predicted molar refractivity (Wildman–Crippen MR) is 127 cm³/mol. The van der Waals surface area contributed by atoms with Crippen molar-refractivity contribution in [3.05, 3.63) is 0 Å². The van der Waals surface area contributed by atoms with Crippen molar-refractivity contribution in [2.24, 2.45) is 5.92 Å². The first-order chi connectivity index (χ1) is 15.1. The van der Waals surface area contributed by atoms with Crippen LogP contribution in [0, 0.1) is 5.92 Å². The number of rotatable bonds is 16. The summed E-state index contributed by atoms with van der Waals surface area (Å²) in [7, 11) is 0. The van der Waals surface area contributed by atoms with E-state index in [2.05, 4.69) is 17.6 Å². The summed E-state index contributed by atoms with van der Waals surface area (Å²) in [6.45, 7) is 3.47. The molecule has 0 aromatic heterocycles. The fourth-order valence-electron chi connectivity index (χ4n) is 5.39. The minimum absolute atomic E-state index is 0.0305. The minimum atomic E-state index is -0.0305. The van der Waals surface area contributed by atoms with E-state index in [1.165, 1.54) is 83.5 Å². The van der Waals surface area contributed by atoms with E-state index in [4.69, 9.17) is 4.74 Å². The van der Waals surface area contributed by atoms with Crippen LogP contribution in [-0.4, -0.2) is 30.7 Å². The van der Waals surface area contributed by atoms with Crippen molar-refractivity contribution in [3.63, 3.8) is 0 Å². The summed E-state index contributed by atoms with van der Waals surface area (Å²) in [6, 6.07) is 0.0526. The summed E-state index contributed by atoms with van der Waals surface area (Å²) in [5.41, 5.74) is 0.0978. The molecular weight excluding hydrogens is 388 g/mol. The molecule has 5 heteroatoms. The molecule has 2 amide bonds. The maximum Gasteiger partial charge on any atom is 0.315 e. The van der Waals surface area contributed by atoms with Gasteiger partial charge in [-0.15, -0.1) is 0 Å². The molecule has 0 radical (unpaired) electrons. The average molecular weight is 437 g/mol. The number of fused-ring (bicyclic) bond motifs is 2. The highest BCUT2D eigenvalue weighted by molar-refractivity contribution is 5.74. The van der Waals surface area contributed by atoms with Crippen LogP contribution in [-0.2, 0) is 9.53 Å². The van der Waals surface area contributed by atoms with Gasteiger partial charge in [-0.25, -0.2) is 4.79 Å². The van der Waals surface area contributed by atoms with Crippen molar-refractivity contribution in [2.45, 2.75) is 134 Å². The Balaban J connectivity index is 1.34. The van der Waals surface area contributed by atoms with Crippen molar-refractivity contribution in [2.75, 3.05) is 13.2 Å². The van der Waals surface area contributed by atoms with E-state index in [0.29, 0.717) is 13.0 Å². The number of ether oxygens (including phenoxy) is 1. The second-order valence-corrected chi connectivity index (χ2v) is 10.0. The quantitative estimate of drug-likeness (QED) is 0.210. The van der Waals surface area contributed by atoms with Crippen LogP contribution in [0.25, 0.3) is 0 Å². The van der Waals surface area contributed by atoms with Crippen molar-refractivity contribution in [1.29, 1.82) is 0 Å². The molecule has 0 saturated heterocycles. The Kier molecular flexibility index (Phi) is 13.0. The fourth-order valence-corrected chi connectivity index (χ4v) is 5.39. The SMILES string of the molecule is CCCCOC(=O)CCCCCCCCCCCNC(=O)NC12CCCC(CCC1)C2. The number of nitrogens with one attached hydrogen (secondary N) is 2. The topological polar surface area (TPSA) is 67.4 Å². The number of esters is 1. The van der Waals surface area contributed by atoms with Crippen LogP contribution in [0.3, 0.4) is 0 Å². The molecule has 2 bridgehead atoms. The van der Waals surface area contributed by atoms with Crippen molar-refractivity contribution >= 4 is 12.0 Å². The maximum absolute atomic E-state index is 12.3. The first-order valence-corrected chi connectivity index (χ1v) is 13.4. The van der Waals surface area contributed by atoms with E-state index in [0.717, 1.165) is 44.6 Å². The van der Waals surface area contributed by atoms with E-state index in [1.807, 2.05) is 0 Å². The number of amides is 2. The highest BCUT2D eigenvalue weighted by atomic mass is 16.5. The number of carbonyl (C=O) groups is 2. The van der Waals surface area contributed by atoms with Gasteiger partial charge in [0.25, 0.3) is 0 Å². The number of unbranched alkanes of at least 4 members (excludes halogenated alkanes) is 9. The fraction of sp³-hybridized carbons (Fsp3) is 0.923. The van der Waals surface area contributed by atoms with Gasteiger partial charge in [0.05, 0.1) is 6.61 Å². The molecular formula is C26H48N2O3. The normalized spacial score (nSPS) is 22.7. The zero-order valence-electron chi connectivity index (χ0n) is 20.2. The molecule has 2 saturated carbocycles. The Morgan fingerprint density at radius 1 is 0.871 bits per heavy atom. The van der Waals surface area contributed by atoms with E-state index in [1.54, 1.807) is 0 Å². The van der Waals surface area contributed by atoms with Gasteiger partial charge in [0.2, 0.25) is 0 Å². The molecule has 0 unspecified atom stereocenters. The second kappa shape index (κ2) is 15.5. The van der Waals surface area contributed by atoms with Gasteiger partial charge in [0.15, 0.2) is 0 Å².